The van der Waals surface area contributed by atoms with Crippen molar-refractivity contribution in [1.82, 2.24) is 5.43 Å². The molecular weight excluding hydrogens is 415 g/mol. The summed E-state index contributed by atoms with van der Waals surface area (Å²) in [4.78, 5) is 23.8. The van der Waals surface area contributed by atoms with Crippen LogP contribution in [-0.2, 0) is 4.79 Å². The second kappa shape index (κ2) is 9.73. The average molecular weight is 429 g/mol. The smallest absolute Gasteiger partial charge is 0.336 e. The third kappa shape index (κ3) is 6.07. The van der Waals surface area contributed by atoms with E-state index in [1.165, 1.54) is 36.8 Å². The summed E-state index contributed by atoms with van der Waals surface area (Å²) in [7, 11) is 0. The van der Waals surface area contributed by atoms with Crippen molar-refractivity contribution < 1.29 is 18.7 Å². The SMILES string of the molecule is O=C(/C=C/c1ccco1)Oc1ccc(/C=N\NC(=O)c2ccc(Cl)cc2Cl)cc1. The number of furan rings is 1. The molecule has 0 fully saturated rings. The molecule has 0 saturated heterocycles. The molecule has 0 bridgehead atoms. The molecule has 0 saturated carbocycles. The van der Waals surface area contributed by atoms with Crippen LogP contribution in [0.4, 0.5) is 0 Å². The third-order valence-electron chi connectivity index (χ3n) is 3.58. The van der Waals surface area contributed by atoms with Crippen LogP contribution >= 0.6 is 23.2 Å². The fraction of sp³-hybridized carbons (Fsp3) is 0. The highest BCUT2D eigenvalue weighted by Gasteiger charge is 2.09. The summed E-state index contributed by atoms with van der Waals surface area (Å²) in [5.74, 6) is -0.0737. The predicted molar refractivity (Wildman–Crippen MR) is 111 cm³/mol. The van der Waals surface area contributed by atoms with Gasteiger partial charge in [-0.3, -0.25) is 4.79 Å². The summed E-state index contributed by atoms with van der Waals surface area (Å²) in [5, 5.41) is 4.56. The van der Waals surface area contributed by atoms with Gasteiger partial charge in [0.1, 0.15) is 11.5 Å². The monoisotopic (exact) mass is 428 g/mol. The van der Waals surface area contributed by atoms with E-state index in [-0.39, 0.29) is 10.6 Å². The molecule has 0 atom stereocenters. The summed E-state index contributed by atoms with van der Waals surface area (Å²) < 4.78 is 10.3. The van der Waals surface area contributed by atoms with E-state index in [0.29, 0.717) is 22.1 Å². The van der Waals surface area contributed by atoms with E-state index in [1.54, 1.807) is 42.5 Å². The molecule has 29 heavy (non-hydrogen) atoms. The van der Waals surface area contributed by atoms with Crippen molar-refractivity contribution in [1.29, 1.82) is 0 Å². The number of nitrogens with zero attached hydrogens (tertiary/aromatic N) is 1. The van der Waals surface area contributed by atoms with Crippen molar-refractivity contribution >= 4 is 47.4 Å². The predicted octanol–water partition coefficient (Wildman–Crippen LogP) is 4.97. The minimum Gasteiger partial charge on any atom is -0.465 e. The number of esters is 1. The van der Waals surface area contributed by atoms with E-state index >= 15 is 0 Å². The van der Waals surface area contributed by atoms with Crippen LogP contribution in [0.1, 0.15) is 21.7 Å². The van der Waals surface area contributed by atoms with E-state index in [0.717, 1.165) is 0 Å². The van der Waals surface area contributed by atoms with Crippen molar-refractivity contribution in [2.45, 2.75) is 0 Å². The number of hydrogen-bond acceptors (Lipinski definition) is 5. The van der Waals surface area contributed by atoms with Gasteiger partial charge in [0.2, 0.25) is 0 Å². The number of rotatable bonds is 6. The van der Waals surface area contributed by atoms with Gasteiger partial charge in [0.25, 0.3) is 5.91 Å². The molecular formula is C21H14Cl2N2O4. The van der Waals surface area contributed by atoms with Gasteiger partial charge in [0.05, 0.1) is 23.1 Å². The van der Waals surface area contributed by atoms with Crippen LogP contribution in [0.15, 0.2) is 76.5 Å². The number of carbonyl (C=O) groups excluding carboxylic acids is 2. The maximum atomic E-state index is 12.1. The number of benzene rings is 2. The topological polar surface area (TPSA) is 80.9 Å². The maximum absolute atomic E-state index is 12.1. The van der Waals surface area contributed by atoms with Crippen molar-refractivity contribution in [2.75, 3.05) is 0 Å². The minimum absolute atomic E-state index is 0.234. The molecule has 1 N–H and O–H groups in total. The van der Waals surface area contributed by atoms with Crippen molar-refractivity contribution in [3.8, 4) is 5.75 Å². The van der Waals surface area contributed by atoms with E-state index in [1.807, 2.05) is 0 Å². The summed E-state index contributed by atoms with van der Waals surface area (Å²) in [5.41, 5.74) is 3.34. The van der Waals surface area contributed by atoms with Gasteiger partial charge in [0, 0.05) is 11.1 Å². The normalized spacial score (nSPS) is 11.1. The number of hydrogen-bond donors (Lipinski definition) is 1. The van der Waals surface area contributed by atoms with Gasteiger partial charge in [-0.15, -0.1) is 0 Å². The number of amides is 1. The zero-order chi connectivity index (χ0) is 20.6. The summed E-state index contributed by atoms with van der Waals surface area (Å²) in [6, 6.07) is 14.6. The first-order valence-corrected chi connectivity index (χ1v) is 9.09. The summed E-state index contributed by atoms with van der Waals surface area (Å²) >= 11 is 11.8. The molecule has 3 aromatic rings. The van der Waals surface area contributed by atoms with Crippen LogP contribution in [0.2, 0.25) is 10.0 Å². The molecule has 0 radical (unpaired) electrons. The van der Waals surface area contributed by atoms with Gasteiger partial charge in [-0.05, 0) is 66.2 Å². The zero-order valence-corrected chi connectivity index (χ0v) is 16.4. The second-order valence-electron chi connectivity index (χ2n) is 5.66. The number of ether oxygens (including phenoxy) is 1. The minimum atomic E-state index is -0.532. The third-order valence-corrected chi connectivity index (χ3v) is 4.13. The summed E-state index contributed by atoms with van der Waals surface area (Å²) in [6.45, 7) is 0. The molecule has 2 aromatic carbocycles. The van der Waals surface area contributed by atoms with Gasteiger partial charge >= 0.3 is 5.97 Å². The Labute approximate surface area is 176 Å². The Balaban J connectivity index is 1.53. The molecule has 1 amide bonds. The Morgan fingerprint density at radius 1 is 1.07 bits per heavy atom. The molecule has 0 spiro atoms. The first kappa shape index (κ1) is 20.4. The lowest BCUT2D eigenvalue weighted by Gasteiger charge is -2.03. The molecule has 6 nitrogen and oxygen atoms in total. The van der Waals surface area contributed by atoms with Crippen LogP contribution in [-0.4, -0.2) is 18.1 Å². The molecule has 0 aliphatic rings. The molecule has 0 unspecified atom stereocenters. The van der Waals surface area contributed by atoms with Crippen LogP contribution in [0.3, 0.4) is 0 Å². The molecule has 3 rings (SSSR count). The highest BCUT2D eigenvalue weighted by molar-refractivity contribution is 6.36. The number of halogens is 2. The van der Waals surface area contributed by atoms with Gasteiger partial charge in [0.15, 0.2) is 0 Å². The molecule has 0 aliphatic carbocycles. The first-order chi connectivity index (χ1) is 14.0. The Hall–Kier alpha value is -3.35. The zero-order valence-electron chi connectivity index (χ0n) is 14.8. The first-order valence-electron chi connectivity index (χ1n) is 8.33. The molecule has 8 heteroatoms. The van der Waals surface area contributed by atoms with Crippen molar-refractivity contribution in [2.24, 2.45) is 5.10 Å². The van der Waals surface area contributed by atoms with Crippen LogP contribution in [0.25, 0.3) is 6.08 Å². The second-order valence-corrected chi connectivity index (χ2v) is 6.51. The lowest BCUT2D eigenvalue weighted by atomic mass is 10.2. The lowest BCUT2D eigenvalue weighted by molar-refractivity contribution is -0.128. The van der Waals surface area contributed by atoms with Crippen molar-refractivity contribution in [3.63, 3.8) is 0 Å². The van der Waals surface area contributed by atoms with E-state index in [2.05, 4.69) is 10.5 Å². The number of nitrogens with one attached hydrogen (secondary N) is 1. The average Bonchev–Trinajstić information content (AvgIpc) is 3.21. The van der Waals surface area contributed by atoms with Gasteiger partial charge < -0.3 is 9.15 Å². The van der Waals surface area contributed by atoms with Gasteiger partial charge in [-0.25, -0.2) is 10.2 Å². The Morgan fingerprint density at radius 2 is 1.86 bits per heavy atom. The van der Waals surface area contributed by atoms with Gasteiger partial charge in [-0.1, -0.05) is 23.2 Å². The lowest BCUT2D eigenvalue weighted by Crippen LogP contribution is -2.18. The highest BCUT2D eigenvalue weighted by Crippen LogP contribution is 2.20. The number of hydrazone groups is 1. The summed E-state index contributed by atoms with van der Waals surface area (Å²) in [6.07, 6.45) is 5.74. The molecule has 1 heterocycles. The van der Waals surface area contributed by atoms with Crippen LogP contribution in [0, 0.1) is 0 Å². The quantitative estimate of drug-likeness (QED) is 0.197. The molecule has 146 valence electrons. The molecule has 1 aromatic heterocycles. The van der Waals surface area contributed by atoms with Crippen LogP contribution in [0.5, 0.6) is 5.75 Å². The van der Waals surface area contributed by atoms with E-state index < -0.39 is 11.9 Å². The largest absolute Gasteiger partial charge is 0.465 e. The Bertz CT molecular complexity index is 1060. The fourth-order valence-corrected chi connectivity index (χ4v) is 2.70. The highest BCUT2D eigenvalue weighted by atomic mass is 35.5. The standard InChI is InChI=1S/C21H14Cl2N2O4/c22-15-5-9-18(19(23)12-15)21(27)25-24-13-14-3-6-17(7-4-14)29-20(26)10-8-16-2-1-11-28-16/h1-13H,(H,25,27)/b10-8+,24-13-. The Kier molecular flexibility index (Phi) is 6.84. The Morgan fingerprint density at radius 3 is 2.55 bits per heavy atom. The molecule has 0 aliphatic heterocycles. The van der Waals surface area contributed by atoms with E-state index in [9.17, 15) is 9.59 Å². The van der Waals surface area contributed by atoms with Crippen molar-refractivity contribution in [3.05, 3.63) is 93.9 Å². The van der Waals surface area contributed by atoms with Crippen LogP contribution < -0.4 is 10.2 Å². The number of carbonyl (C=O) groups is 2. The fourth-order valence-electron chi connectivity index (χ4n) is 2.21. The van der Waals surface area contributed by atoms with E-state index in [4.69, 9.17) is 32.4 Å². The maximum Gasteiger partial charge on any atom is 0.336 e. The van der Waals surface area contributed by atoms with Gasteiger partial charge in [-0.2, -0.15) is 5.10 Å².